The van der Waals surface area contributed by atoms with Crippen LogP contribution in [-0.2, 0) is 10.0 Å². The largest absolute Gasteiger partial charge is 0.328 e. The second-order valence-electron chi connectivity index (χ2n) is 4.32. The highest BCUT2D eigenvalue weighted by Crippen LogP contribution is 2.18. The maximum absolute atomic E-state index is 12.0. The highest BCUT2D eigenvalue weighted by atomic mass is 32.2. The summed E-state index contributed by atoms with van der Waals surface area (Å²) in [5.41, 5.74) is -0.573. The summed E-state index contributed by atoms with van der Waals surface area (Å²) in [5, 5.41) is 0. The van der Waals surface area contributed by atoms with Gasteiger partial charge < -0.3 is 4.98 Å². The Morgan fingerprint density at radius 3 is 2.59 bits per heavy atom. The molecule has 0 aromatic carbocycles. The molecule has 0 unspecified atom stereocenters. The van der Waals surface area contributed by atoms with Crippen molar-refractivity contribution in [3.05, 3.63) is 28.7 Å². The quantitative estimate of drug-likeness (QED) is 0.846. The number of rotatable bonds is 3. The van der Waals surface area contributed by atoms with E-state index in [0.717, 1.165) is 32.1 Å². The lowest BCUT2D eigenvalue weighted by Crippen LogP contribution is -2.38. The molecule has 0 bridgehead atoms. The zero-order chi connectivity index (χ0) is 12.3. The minimum absolute atomic E-state index is 0.0339. The van der Waals surface area contributed by atoms with Crippen molar-refractivity contribution in [3.8, 4) is 0 Å². The molecular formula is C11H16N2O3S. The molecule has 1 aliphatic rings. The Kier molecular flexibility index (Phi) is 3.63. The molecule has 94 valence electrons. The molecule has 0 atom stereocenters. The maximum Gasteiger partial charge on any atom is 0.268 e. The van der Waals surface area contributed by atoms with E-state index in [1.54, 1.807) is 0 Å². The van der Waals surface area contributed by atoms with Gasteiger partial charge in [0.1, 0.15) is 4.90 Å². The number of H-pyrrole nitrogens is 1. The lowest BCUT2D eigenvalue weighted by Gasteiger charge is -2.22. The van der Waals surface area contributed by atoms with Crippen LogP contribution < -0.4 is 10.3 Å². The first-order chi connectivity index (χ1) is 8.09. The number of nitrogens with one attached hydrogen (secondary N) is 2. The van der Waals surface area contributed by atoms with Crippen LogP contribution in [0.25, 0.3) is 0 Å². The van der Waals surface area contributed by atoms with Crippen LogP contribution in [0.3, 0.4) is 0 Å². The van der Waals surface area contributed by atoms with Crippen molar-refractivity contribution in [2.75, 3.05) is 0 Å². The van der Waals surface area contributed by atoms with Crippen LogP contribution >= 0.6 is 0 Å². The molecule has 0 radical (unpaired) electrons. The molecule has 1 aliphatic carbocycles. The topological polar surface area (TPSA) is 79.0 Å². The van der Waals surface area contributed by atoms with Crippen molar-refractivity contribution < 1.29 is 8.42 Å². The minimum Gasteiger partial charge on any atom is -0.328 e. The van der Waals surface area contributed by atoms with Crippen molar-refractivity contribution in [2.24, 2.45) is 0 Å². The molecule has 1 aromatic heterocycles. The molecule has 0 saturated heterocycles. The normalized spacial score (nSPS) is 18.1. The van der Waals surface area contributed by atoms with Crippen LogP contribution in [0.2, 0.25) is 0 Å². The first-order valence-corrected chi connectivity index (χ1v) is 7.28. The zero-order valence-electron chi connectivity index (χ0n) is 9.48. The van der Waals surface area contributed by atoms with Crippen LogP contribution in [0.4, 0.5) is 0 Å². The predicted octanol–water partition coefficient (Wildman–Crippen LogP) is 0.986. The summed E-state index contributed by atoms with van der Waals surface area (Å²) in [5.74, 6) is 0. The molecule has 1 heterocycles. The van der Waals surface area contributed by atoms with Crippen molar-refractivity contribution in [1.82, 2.24) is 9.71 Å². The average molecular weight is 256 g/mol. The van der Waals surface area contributed by atoms with E-state index in [1.165, 1.54) is 18.3 Å². The number of sulfonamides is 1. The van der Waals surface area contributed by atoms with E-state index in [-0.39, 0.29) is 10.9 Å². The van der Waals surface area contributed by atoms with Gasteiger partial charge in [-0.15, -0.1) is 0 Å². The Bertz CT molecular complexity index is 530. The second kappa shape index (κ2) is 5.01. The van der Waals surface area contributed by atoms with E-state index < -0.39 is 15.6 Å². The standard InChI is InChI=1S/C11H16N2O3S/c14-11-10(7-4-8-12-11)17(15,16)13-9-5-2-1-3-6-9/h4,7-9,13H,1-3,5-6H2,(H,12,14). The minimum atomic E-state index is -3.68. The van der Waals surface area contributed by atoms with Gasteiger partial charge in [-0.25, -0.2) is 13.1 Å². The molecule has 2 N–H and O–H groups in total. The molecule has 0 amide bonds. The van der Waals surface area contributed by atoms with Gasteiger partial charge in [-0.1, -0.05) is 19.3 Å². The highest BCUT2D eigenvalue weighted by Gasteiger charge is 2.23. The lowest BCUT2D eigenvalue weighted by atomic mass is 9.96. The molecular weight excluding hydrogens is 240 g/mol. The van der Waals surface area contributed by atoms with Crippen molar-refractivity contribution >= 4 is 10.0 Å². The maximum atomic E-state index is 12.0. The Morgan fingerprint density at radius 2 is 1.94 bits per heavy atom. The Labute approximate surface area is 100 Å². The number of aromatic amines is 1. The molecule has 6 heteroatoms. The number of hydrogen-bond donors (Lipinski definition) is 2. The summed E-state index contributed by atoms with van der Waals surface area (Å²) >= 11 is 0. The van der Waals surface area contributed by atoms with Crippen LogP contribution in [-0.4, -0.2) is 19.4 Å². The fraction of sp³-hybridized carbons (Fsp3) is 0.545. The highest BCUT2D eigenvalue weighted by molar-refractivity contribution is 7.89. The van der Waals surface area contributed by atoms with Crippen molar-refractivity contribution in [3.63, 3.8) is 0 Å². The third-order valence-corrected chi connectivity index (χ3v) is 4.54. The van der Waals surface area contributed by atoms with E-state index in [4.69, 9.17) is 0 Å². The van der Waals surface area contributed by atoms with Crippen LogP contribution in [0.1, 0.15) is 32.1 Å². The van der Waals surface area contributed by atoms with Gasteiger partial charge in [-0.05, 0) is 25.0 Å². The fourth-order valence-corrected chi connectivity index (χ4v) is 3.48. The summed E-state index contributed by atoms with van der Waals surface area (Å²) < 4.78 is 26.6. The summed E-state index contributed by atoms with van der Waals surface area (Å²) in [6.07, 6.45) is 6.36. The van der Waals surface area contributed by atoms with Crippen LogP contribution in [0.15, 0.2) is 28.0 Å². The zero-order valence-corrected chi connectivity index (χ0v) is 10.3. The molecule has 2 rings (SSSR count). The monoisotopic (exact) mass is 256 g/mol. The summed E-state index contributed by atoms with van der Waals surface area (Å²) in [6.45, 7) is 0. The smallest absolute Gasteiger partial charge is 0.268 e. The van der Waals surface area contributed by atoms with E-state index in [2.05, 4.69) is 9.71 Å². The number of hydrogen-bond acceptors (Lipinski definition) is 3. The third-order valence-electron chi connectivity index (χ3n) is 3.00. The molecule has 1 aromatic rings. The molecule has 0 aliphatic heterocycles. The van der Waals surface area contributed by atoms with E-state index in [0.29, 0.717) is 0 Å². The van der Waals surface area contributed by atoms with Gasteiger partial charge >= 0.3 is 0 Å². The Hall–Kier alpha value is -1.14. The first kappa shape index (κ1) is 12.3. The van der Waals surface area contributed by atoms with E-state index >= 15 is 0 Å². The predicted molar refractivity (Wildman–Crippen MR) is 64.3 cm³/mol. The van der Waals surface area contributed by atoms with Gasteiger partial charge in [0.25, 0.3) is 5.56 Å². The van der Waals surface area contributed by atoms with Gasteiger partial charge in [0.2, 0.25) is 10.0 Å². The average Bonchev–Trinajstić information content (AvgIpc) is 2.30. The second-order valence-corrected chi connectivity index (χ2v) is 6.00. The van der Waals surface area contributed by atoms with Gasteiger partial charge in [-0.2, -0.15) is 0 Å². The number of pyridine rings is 1. The lowest BCUT2D eigenvalue weighted by molar-refractivity contribution is 0.412. The van der Waals surface area contributed by atoms with Gasteiger partial charge in [0.15, 0.2) is 0 Å². The Morgan fingerprint density at radius 1 is 1.24 bits per heavy atom. The fourth-order valence-electron chi connectivity index (χ4n) is 2.12. The van der Waals surface area contributed by atoms with Crippen LogP contribution in [0, 0.1) is 0 Å². The van der Waals surface area contributed by atoms with E-state index in [1.807, 2.05) is 0 Å². The summed E-state index contributed by atoms with van der Waals surface area (Å²) in [6, 6.07) is 2.80. The molecule has 17 heavy (non-hydrogen) atoms. The molecule has 0 spiro atoms. The van der Waals surface area contributed by atoms with Crippen LogP contribution in [0.5, 0.6) is 0 Å². The van der Waals surface area contributed by atoms with E-state index in [9.17, 15) is 13.2 Å². The SMILES string of the molecule is O=c1[nH]cccc1S(=O)(=O)NC1CCCCC1. The van der Waals surface area contributed by atoms with Gasteiger partial charge in [0.05, 0.1) is 0 Å². The number of aromatic nitrogens is 1. The molecule has 1 fully saturated rings. The molecule has 5 nitrogen and oxygen atoms in total. The Balaban J connectivity index is 2.19. The summed E-state index contributed by atoms with van der Waals surface area (Å²) in [7, 11) is -3.68. The summed E-state index contributed by atoms with van der Waals surface area (Å²) in [4.78, 5) is 13.6. The van der Waals surface area contributed by atoms with Gasteiger partial charge in [-0.3, -0.25) is 4.79 Å². The first-order valence-electron chi connectivity index (χ1n) is 5.79. The van der Waals surface area contributed by atoms with Gasteiger partial charge in [0, 0.05) is 12.2 Å². The third kappa shape index (κ3) is 2.95. The van der Waals surface area contributed by atoms with Crippen molar-refractivity contribution in [1.29, 1.82) is 0 Å². The van der Waals surface area contributed by atoms with Crippen molar-refractivity contribution in [2.45, 2.75) is 43.0 Å². The molecule has 1 saturated carbocycles.